The van der Waals surface area contributed by atoms with Crippen LogP contribution in [0.2, 0.25) is 0 Å². The highest BCUT2D eigenvalue weighted by Gasteiger charge is 2.35. The molecule has 3 N–H and O–H groups in total. The molecule has 25 heavy (non-hydrogen) atoms. The Bertz CT molecular complexity index is 909. The van der Waals surface area contributed by atoms with Gasteiger partial charge in [0.05, 0.1) is 4.90 Å². The Labute approximate surface area is 153 Å². The average Bonchev–Trinajstić information content (AvgIpc) is 2.52. The summed E-state index contributed by atoms with van der Waals surface area (Å²) in [6.07, 6.45) is 0.807. The number of nitrogens with one attached hydrogen (secondary N) is 1. The Morgan fingerprint density at radius 1 is 1.24 bits per heavy atom. The Balaban J connectivity index is 2.08. The van der Waals surface area contributed by atoms with Crippen molar-refractivity contribution in [3.8, 4) is 5.75 Å². The summed E-state index contributed by atoms with van der Waals surface area (Å²) in [5.41, 5.74) is 7.04. The fourth-order valence-electron chi connectivity index (χ4n) is 3.17. The van der Waals surface area contributed by atoms with Gasteiger partial charge in [-0.1, -0.05) is 36.4 Å². The number of nitrogens with two attached hydrogens (primary N) is 1. The van der Waals surface area contributed by atoms with Crippen LogP contribution in [0.4, 0.5) is 0 Å². The van der Waals surface area contributed by atoms with Crippen molar-refractivity contribution in [2.75, 3.05) is 0 Å². The van der Waals surface area contributed by atoms with Crippen molar-refractivity contribution >= 4 is 27.4 Å². The number of thiocarbonyl (C=S) groups is 1. The van der Waals surface area contributed by atoms with Gasteiger partial charge in [-0.3, -0.25) is 4.72 Å². The molecule has 0 spiro atoms. The van der Waals surface area contributed by atoms with Crippen molar-refractivity contribution in [1.29, 1.82) is 0 Å². The van der Waals surface area contributed by atoms with E-state index in [1.165, 1.54) is 11.6 Å². The van der Waals surface area contributed by atoms with Gasteiger partial charge >= 0.3 is 0 Å². The van der Waals surface area contributed by atoms with E-state index < -0.39 is 15.6 Å². The number of benzene rings is 2. The number of hydrogen-bond donors (Lipinski definition) is 2. The number of sulfonamides is 1. The zero-order valence-corrected chi connectivity index (χ0v) is 15.7. The standard InChI is InChI=1S/C18H20N2O3S2/c1-18(2)11-15(12-6-4-3-5-7-12)14-9-8-13(10-16(14)23-18)25(21,22)20-17(19)24/h3-10,15H,11H2,1-2H3,(H3,19,20,24). The fraction of sp³-hybridized carbons (Fsp3) is 0.278. The maximum Gasteiger partial charge on any atom is 0.263 e. The van der Waals surface area contributed by atoms with E-state index in [2.05, 4.69) is 29.1 Å². The summed E-state index contributed by atoms with van der Waals surface area (Å²) in [5.74, 6) is 0.705. The van der Waals surface area contributed by atoms with Crippen LogP contribution >= 0.6 is 12.2 Å². The zero-order chi connectivity index (χ0) is 18.2. The molecule has 7 heteroatoms. The Hall–Kier alpha value is -2.12. The van der Waals surface area contributed by atoms with E-state index in [9.17, 15) is 8.42 Å². The molecule has 0 bridgehead atoms. The van der Waals surface area contributed by atoms with Crippen LogP contribution in [0.5, 0.6) is 5.75 Å². The van der Waals surface area contributed by atoms with E-state index in [1.807, 2.05) is 32.0 Å². The van der Waals surface area contributed by atoms with Gasteiger partial charge in [-0.25, -0.2) is 8.42 Å². The predicted molar refractivity (Wildman–Crippen MR) is 101 cm³/mol. The second kappa shape index (κ2) is 6.31. The lowest BCUT2D eigenvalue weighted by atomic mass is 9.80. The number of fused-ring (bicyclic) bond motifs is 1. The lowest BCUT2D eigenvalue weighted by Gasteiger charge is -2.38. The van der Waals surface area contributed by atoms with Crippen LogP contribution in [0, 0.1) is 0 Å². The van der Waals surface area contributed by atoms with Crippen molar-refractivity contribution in [3.63, 3.8) is 0 Å². The summed E-state index contributed by atoms with van der Waals surface area (Å²) >= 11 is 4.64. The van der Waals surface area contributed by atoms with Crippen molar-refractivity contribution in [2.24, 2.45) is 5.73 Å². The maximum atomic E-state index is 12.3. The summed E-state index contributed by atoms with van der Waals surface area (Å²) in [4.78, 5) is 0.0727. The van der Waals surface area contributed by atoms with Crippen LogP contribution in [0.15, 0.2) is 53.4 Å². The first-order valence-corrected chi connectivity index (χ1v) is 9.77. The van der Waals surface area contributed by atoms with Gasteiger partial charge in [0.25, 0.3) is 10.0 Å². The van der Waals surface area contributed by atoms with E-state index >= 15 is 0 Å². The molecule has 0 aromatic heterocycles. The molecule has 2 aromatic rings. The summed E-state index contributed by atoms with van der Waals surface area (Å²) in [7, 11) is -3.81. The van der Waals surface area contributed by atoms with Gasteiger partial charge in [0.1, 0.15) is 11.4 Å². The van der Waals surface area contributed by atoms with Crippen molar-refractivity contribution in [3.05, 3.63) is 59.7 Å². The smallest absolute Gasteiger partial charge is 0.263 e. The van der Waals surface area contributed by atoms with Crippen LogP contribution in [0.1, 0.15) is 37.3 Å². The SMILES string of the molecule is CC1(C)CC(c2ccccc2)c2ccc(S(=O)(=O)NC(N)=S)cc2O1. The van der Waals surface area contributed by atoms with E-state index in [1.54, 1.807) is 12.1 Å². The summed E-state index contributed by atoms with van der Waals surface area (Å²) in [6, 6.07) is 15.0. The first kappa shape index (κ1) is 17.7. The Morgan fingerprint density at radius 2 is 1.92 bits per heavy atom. The number of hydrogen-bond acceptors (Lipinski definition) is 4. The molecule has 1 aliphatic rings. The molecular weight excluding hydrogens is 356 g/mol. The zero-order valence-electron chi connectivity index (χ0n) is 14.0. The van der Waals surface area contributed by atoms with Crippen molar-refractivity contribution in [1.82, 2.24) is 4.72 Å². The molecular formula is C18H20N2O3S2. The van der Waals surface area contributed by atoms with Gasteiger partial charge in [0.2, 0.25) is 0 Å². The molecule has 0 saturated heterocycles. The normalized spacial score (nSPS) is 18.7. The molecule has 0 fully saturated rings. The van der Waals surface area contributed by atoms with Crippen LogP contribution in [-0.2, 0) is 10.0 Å². The molecule has 1 unspecified atom stereocenters. The summed E-state index contributed by atoms with van der Waals surface area (Å²) < 4.78 is 32.8. The van der Waals surface area contributed by atoms with E-state index in [0.29, 0.717) is 5.75 Å². The minimum Gasteiger partial charge on any atom is -0.487 e. The topological polar surface area (TPSA) is 81.4 Å². The lowest BCUT2D eigenvalue weighted by molar-refractivity contribution is 0.0771. The highest BCUT2D eigenvalue weighted by atomic mass is 32.2. The highest BCUT2D eigenvalue weighted by Crippen LogP contribution is 2.44. The summed E-state index contributed by atoms with van der Waals surface area (Å²) in [6.45, 7) is 4.00. The second-order valence-corrected chi connectivity index (χ2v) is 8.82. The van der Waals surface area contributed by atoms with Crippen LogP contribution in [-0.4, -0.2) is 19.1 Å². The molecule has 0 aliphatic carbocycles. The highest BCUT2D eigenvalue weighted by molar-refractivity contribution is 7.91. The molecule has 132 valence electrons. The van der Waals surface area contributed by atoms with Gasteiger partial charge in [-0.05, 0) is 44.1 Å². The van der Waals surface area contributed by atoms with E-state index in [-0.39, 0.29) is 15.9 Å². The van der Waals surface area contributed by atoms with Gasteiger partial charge in [0.15, 0.2) is 5.11 Å². The largest absolute Gasteiger partial charge is 0.487 e. The van der Waals surface area contributed by atoms with Crippen molar-refractivity contribution < 1.29 is 13.2 Å². The number of rotatable bonds is 3. The van der Waals surface area contributed by atoms with Crippen LogP contribution in [0.3, 0.4) is 0 Å². The molecule has 1 aliphatic heterocycles. The molecule has 3 rings (SSSR count). The third-order valence-corrected chi connectivity index (χ3v) is 5.78. The van der Waals surface area contributed by atoms with Gasteiger partial charge in [-0.2, -0.15) is 0 Å². The average molecular weight is 377 g/mol. The fourth-order valence-corrected chi connectivity index (χ4v) is 4.39. The molecule has 2 aromatic carbocycles. The molecule has 0 saturated carbocycles. The van der Waals surface area contributed by atoms with Crippen LogP contribution < -0.4 is 15.2 Å². The molecule has 1 heterocycles. The minimum atomic E-state index is -3.81. The Morgan fingerprint density at radius 3 is 2.56 bits per heavy atom. The molecule has 0 amide bonds. The van der Waals surface area contributed by atoms with E-state index in [4.69, 9.17) is 10.5 Å². The monoisotopic (exact) mass is 376 g/mol. The third kappa shape index (κ3) is 3.77. The van der Waals surface area contributed by atoms with Gasteiger partial charge in [-0.15, -0.1) is 0 Å². The molecule has 0 radical (unpaired) electrons. The first-order valence-electron chi connectivity index (χ1n) is 7.88. The minimum absolute atomic E-state index is 0.0727. The third-order valence-electron chi connectivity index (χ3n) is 4.19. The van der Waals surface area contributed by atoms with Gasteiger partial charge < -0.3 is 10.5 Å². The van der Waals surface area contributed by atoms with Gasteiger partial charge in [0, 0.05) is 17.5 Å². The second-order valence-electron chi connectivity index (χ2n) is 6.70. The molecule has 5 nitrogen and oxygen atoms in total. The molecule has 1 atom stereocenters. The maximum absolute atomic E-state index is 12.3. The van der Waals surface area contributed by atoms with E-state index in [0.717, 1.165) is 12.0 Å². The first-order chi connectivity index (χ1) is 11.7. The van der Waals surface area contributed by atoms with Crippen LogP contribution in [0.25, 0.3) is 0 Å². The lowest BCUT2D eigenvalue weighted by Crippen LogP contribution is -2.36. The van der Waals surface area contributed by atoms with Crippen molar-refractivity contribution in [2.45, 2.75) is 36.7 Å². The predicted octanol–water partition coefficient (Wildman–Crippen LogP) is 2.90. The Kier molecular flexibility index (Phi) is 4.47. The summed E-state index contributed by atoms with van der Waals surface area (Å²) in [5, 5.41) is -0.291. The quantitative estimate of drug-likeness (QED) is 0.805. The number of ether oxygens (including phenoxy) is 1.